The van der Waals surface area contributed by atoms with Gasteiger partial charge >= 0.3 is 5.97 Å². The number of esters is 1. The molecule has 1 aromatic carbocycles. The molecule has 5 nitrogen and oxygen atoms in total. The smallest absolute Gasteiger partial charge is 0.325 e. The molecular formula is C11H7Cl2NO4. The summed E-state index contributed by atoms with van der Waals surface area (Å²) in [5.74, 6) is -2.27. The Morgan fingerprint density at radius 2 is 1.89 bits per heavy atom. The number of ketones is 1. The number of carbonyl (C=O) groups excluding carboxylic acids is 3. The summed E-state index contributed by atoms with van der Waals surface area (Å²) in [5, 5.41) is 0.303. The van der Waals surface area contributed by atoms with Crippen molar-refractivity contribution in [2.75, 3.05) is 18.6 Å². The van der Waals surface area contributed by atoms with Crippen molar-refractivity contribution in [1.82, 2.24) is 0 Å². The normalized spacial score (nSPS) is 13.8. The van der Waals surface area contributed by atoms with Crippen LogP contribution in [0.4, 0.5) is 5.69 Å². The fraction of sp³-hybridized carbons (Fsp3) is 0.182. The second-order valence-electron chi connectivity index (χ2n) is 3.55. The number of carbonyl (C=O) groups is 3. The fourth-order valence-electron chi connectivity index (χ4n) is 1.70. The molecule has 1 aromatic rings. The molecule has 0 aromatic heterocycles. The van der Waals surface area contributed by atoms with Gasteiger partial charge in [0.15, 0.2) is 0 Å². The van der Waals surface area contributed by atoms with Crippen LogP contribution in [-0.4, -0.2) is 31.3 Å². The Kier molecular flexibility index (Phi) is 3.28. The standard InChI is InChI=1S/C11H7Cl2NO4/c1-18-7(15)4-14-9-6(13)3-2-5(12)8(9)10(16)11(14)17/h2-3H,4H2,1H3. The third-order valence-electron chi connectivity index (χ3n) is 2.53. The topological polar surface area (TPSA) is 63.7 Å². The summed E-state index contributed by atoms with van der Waals surface area (Å²) in [5.41, 5.74) is 0.183. The van der Waals surface area contributed by atoms with Crippen LogP contribution in [-0.2, 0) is 14.3 Å². The highest BCUT2D eigenvalue weighted by Crippen LogP contribution is 2.39. The third kappa shape index (κ3) is 1.85. The first kappa shape index (κ1) is 12.9. The number of hydrogen-bond acceptors (Lipinski definition) is 4. The van der Waals surface area contributed by atoms with Crippen molar-refractivity contribution < 1.29 is 19.1 Å². The number of fused-ring (bicyclic) bond motifs is 1. The van der Waals surface area contributed by atoms with Crippen LogP contribution in [0.2, 0.25) is 10.0 Å². The van der Waals surface area contributed by atoms with Crippen LogP contribution in [0.3, 0.4) is 0 Å². The second-order valence-corrected chi connectivity index (χ2v) is 4.36. The van der Waals surface area contributed by atoms with E-state index in [0.717, 1.165) is 4.90 Å². The predicted molar refractivity (Wildman–Crippen MR) is 65.2 cm³/mol. The number of halogens is 2. The summed E-state index contributed by atoms with van der Waals surface area (Å²) < 4.78 is 4.46. The van der Waals surface area contributed by atoms with Crippen molar-refractivity contribution >= 4 is 46.5 Å². The number of methoxy groups -OCH3 is 1. The van der Waals surface area contributed by atoms with Gasteiger partial charge in [0.1, 0.15) is 6.54 Å². The van der Waals surface area contributed by atoms with Gasteiger partial charge in [-0.25, -0.2) is 0 Å². The van der Waals surface area contributed by atoms with Crippen molar-refractivity contribution in [3.63, 3.8) is 0 Å². The van der Waals surface area contributed by atoms with Crippen molar-refractivity contribution in [3.8, 4) is 0 Å². The Bertz CT molecular complexity index is 570. The van der Waals surface area contributed by atoms with E-state index in [4.69, 9.17) is 23.2 Å². The van der Waals surface area contributed by atoms with Crippen molar-refractivity contribution in [2.24, 2.45) is 0 Å². The molecule has 0 unspecified atom stereocenters. The molecule has 7 heteroatoms. The summed E-state index contributed by atoms with van der Waals surface area (Å²) in [4.78, 5) is 35.7. The summed E-state index contributed by atoms with van der Waals surface area (Å²) >= 11 is 11.8. The number of anilines is 1. The Hall–Kier alpha value is -1.59. The van der Waals surface area contributed by atoms with Crippen LogP contribution in [0, 0.1) is 0 Å². The first-order valence-electron chi connectivity index (χ1n) is 4.88. The Balaban J connectivity index is 2.55. The molecule has 1 aliphatic heterocycles. The van der Waals surface area contributed by atoms with Gasteiger partial charge in [-0.1, -0.05) is 23.2 Å². The lowest BCUT2D eigenvalue weighted by atomic mass is 10.1. The maximum absolute atomic E-state index is 11.8. The van der Waals surface area contributed by atoms with Crippen LogP contribution in [0.1, 0.15) is 10.4 Å². The zero-order valence-electron chi connectivity index (χ0n) is 9.20. The van der Waals surface area contributed by atoms with E-state index in [1.54, 1.807) is 0 Å². The maximum atomic E-state index is 11.8. The Morgan fingerprint density at radius 1 is 1.28 bits per heavy atom. The van der Waals surface area contributed by atoms with Gasteiger partial charge in [-0.15, -0.1) is 0 Å². The predicted octanol–water partition coefficient (Wildman–Crippen LogP) is 1.70. The van der Waals surface area contributed by atoms with Gasteiger partial charge in [0.25, 0.3) is 11.7 Å². The van der Waals surface area contributed by atoms with Gasteiger partial charge in [0.2, 0.25) is 0 Å². The largest absolute Gasteiger partial charge is 0.468 e. The number of amides is 1. The highest BCUT2D eigenvalue weighted by Gasteiger charge is 2.40. The lowest BCUT2D eigenvalue weighted by molar-refractivity contribution is -0.139. The molecule has 0 atom stereocenters. The molecule has 0 bridgehead atoms. The highest BCUT2D eigenvalue weighted by molar-refractivity contribution is 6.57. The highest BCUT2D eigenvalue weighted by atomic mass is 35.5. The fourth-order valence-corrected chi connectivity index (χ4v) is 2.19. The monoisotopic (exact) mass is 287 g/mol. The van der Waals surface area contributed by atoms with E-state index in [9.17, 15) is 14.4 Å². The number of rotatable bonds is 2. The van der Waals surface area contributed by atoms with Gasteiger partial charge in [0, 0.05) is 0 Å². The van der Waals surface area contributed by atoms with Crippen LogP contribution in [0.15, 0.2) is 12.1 Å². The van der Waals surface area contributed by atoms with Gasteiger partial charge in [-0.05, 0) is 12.1 Å². The van der Waals surface area contributed by atoms with Crippen molar-refractivity contribution in [3.05, 3.63) is 27.7 Å². The number of benzene rings is 1. The number of ether oxygens (including phenoxy) is 1. The van der Waals surface area contributed by atoms with Gasteiger partial charge < -0.3 is 4.74 Å². The zero-order chi connectivity index (χ0) is 13.4. The molecule has 2 rings (SSSR count). The molecule has 1 aliphatic rings. The number of Topliss-reactive ketones (excluding diaryl/α,β-unsaturated/α-hetero) is 1. The first-order valence-corrected chi connectivity index (χ1v) is 5.64. The molecule has 0 saturated carbocycles. The van der Waals surface area contributed by atoms with E-state index in [-0.39, 0.29) is 27.8 Å². The summed E-state index contributed by atoms with van der Waals surface area (Å²) in [6, 6.07) is 2.88. The Morgan fingerprint density at radius 3 is 2.50 bits per heavy atom. The molecule has 0 saturated heterocycles. The van der Waals surface area contributed by atoms with Crippen LogP contribution in [0.5, 0.6) is 0 Å². The van der Waals surface area contributed by atoms with Crippen molar-refractivity contribution in [1.29, 1.82) is 0 Å². The minimum Gasteiger partial charge on any atom is -0.468 e. The number of nitrogens with zero attached hydrogens (tertiary/aromatic N) is 1. The van der Waals surface area contributed by atoms with Crippen LogP contribution >= 0.6 is 23.2 Å². The molecule has 18 heavy (non-hydrogen) atoms. The minimum atomic E-state index is -0.842. The molecule has 0 spiro atoms. The first-order chi connectivity index (χ1) is 8.47. The SMILES string of the molecule is COC(=O)CN1C(=O)C(=O)c2c(Cl)ccc(Cl)c21. The molecule has 1 heterocycles. The van der Waals surface area contributed by atoms with E-state index in [1.165, 1.54) is 19.2 Å². The molecule has 0 aliphatic carbocycles. The van der Waals surface area contributed by atoms with Crippen LogP contribution in [0.25, 0.3) is 0 Å². The van der Waals surface area contributed by atoms with Gasteiger partial charge in [0.05, 0.1) is 28.4 Å². The Labute approximate surface area is 112 Å². The summed E-state index contributed by atoms with van der Waals surface area (Å²) in [6.45, 7) is -0.381. The molecule has 0 fully saturated rings. The maximum Gasteiger partial charge on any atom is 0.325 e. The average Bonchev–Trinajstić information content (AvgIpc) is 2.60. The lowest BCUT2D eigenvalue weighted by Gasteiger charge is -2.15. The molecular weight excluding hydrogens is 281 g/mol. The summed E-state index contributed by atoms with van der Waals surface area (Å²) in [7, 11) is 1.19. The van der Waals surface area contributed by atoms with E-state index in [0.29, 0.717) is 0 Å². The molecule has 0 N–H and O–H groups in total. The van der Waals surface area contributed by atoms with Crippen molar-refractivity contribution in [2.45, 2.75) is 0 Å². The quantitative estimate of drug-likeness (QED) is 0.613. The molecule has 1 amide bonds. The molecule has 94 valence electrons. The molecule has 0 radical (unpaired) electrons. The van der Waals surface area contributed by atoms with Gasteiger partial charge in [-0.2, -0.15) is 0 Å². The summed E-state index contributed by atoms with van der Waals surface area (Å²) in [6.07, 6.45) is 0. The van der Waals surface area contributed by atoms with E-state index in [1.807, 2.05) is 0 Å². The zero-order valence-corrected chi connectivity index (χ0v) is 10.7. The second kappa shape index (κ2) is 4.59. The number of hydrogen-bond donors (Lipinski definition) is 0. The van der Waals surface area contributed by atoms with E-state index in [2.05, 4.69) is 4.74 Å². The van der Waals surface area contributed by atoms with Gasteiger partial charge in [-0.3, -0.25) is 19.3 Å². The average molecular weight is 288 g/mol. The van der Waals surface area contributed by atoms with E-state index < -0.39 is 17.7 Å². The van der Waals surface area contributed by atoms with E-state index >= 15 is 0 Å². The minimum absolute atomic E-state index is 0.0260. The third-order valence-corrected chi connectivity index (χ3v) is 3.15. The van der Waals surface area contributed by atoms with Crippen LogP contribution < -0.4 is 4.90 Å². The lowest BCUT2D eigenvalue weighted by Crippen LogP contribution is -2.35.